The molecule has 3 heterocycles. The molecule has 1 saturated heterocycles. The fraction of sp³-hybridized carbons (Fsp3) is 0.333. The summed E-state index contributed by atoms with van der Waals surface area (Å²) >= 11 is 0. The first-order valence-corrected chi connectivity index (χ1v) is 12.8. The Morgan fingerprint density at radius 2 is 1.88 bits per heavy atom. The minimum absolute atomic E-state index is 0.0269. The van der Waals surface area contributed by atoms with Crippen LogP contribution in [0.2, 0.25) is 0 Å². The second-order valence-corrected chi connectivity index (χ2v) is 10.4. The molecule has 1 atom stereocenters. The monoisotopic (exact) mass is 482 g/mol. The van der Waals surface area contributed by atoms with Gasteiger partial charge in [0.2, 0.25) is 15.9 Å². The van der Waals surface area contributed by atoms with E-state index in [-0.39, 0.29) is 36.2 Å². The number of anilines is 1. The Balaban J connectivity index is 1.25. The number of hydrogen-bond acceptors (Lipinski definition) is 5. The Kier molecular flexibility index (Phi) is 5.78. The van der Waals surface area contributed by atoms with Crippen molar-refractivity contribution in [2.45, 2.75) is 30.8 Å². The van der Waals surface area contributed by atoms with Crippen LogP contribution in [0.3, 0.4) is 0 Å². The highest BCUT2D eigenvalue weighted by atomic mass is 32.2. The number of H-pyrrole nitrogens is 1. The molecule has 1 fully saturated rings. The van der Waals surface area contributed by atoms with Crippen molar-refractivity contribution in [3.63, 3.8) is 0 Å². The predicted octanol–water partition coefficient (Wildman–Crippen LogP) is 2.35. The normalized spacial score (nSPS) is 18.9. The van der Waals surface area contributed by atoms with Crippen LogP contribution in [0.15, 0.2) is 53.6 Å². The summed E-state index contributed by atoms with van der Waals surface area (Å²) in [6, 6.07) is 12.3. The first kappa shape index (κ1) is 22.4. The van der Waals surface area contributed by atoms with Gasteiger partial charge in [0, 0.05) is 43.3 Å². The smallest absolute Gasteiger partial charge is 0.265 e. The number of nitrogens with zero attached hydrogens (tertiary/aromatic N) is 2. The molecule has 3 aromatic rings. The van der Waals surface area contributed by atoms with E-state index in [4.69, 9.17) is 4.74 Å². The van der Waals surface area contributed by atoms with Crippen LogP contribution in [0, 0.1) is 0 Å². The van der Waals surface area contributed by atoms with Crippen molar-refractivity contribution in [1.82, 2.24) is 14.2 Å². The van der Waals surface area contributed by atoms with E-state index in [1.54, 1.807) is 11.0 Å². The number of fused-ring (bicyclic) bond motifs is 2. The number of aromatic amines is 1. The number of amides is 2. The van der Waals surface area contributed by atoms with Crippen LogP contribution in [0.4, 0.5) is 5.69 Å². The summed E-state index contributed by atoms with van der Waals surface area (Å²) in [6.07, 6.45) is 2.06. The molecule has 178 valence electrons. The highest BCUT2D eigenvalue weighted by molar-refractivity contribution is 7.89. The summed E-state index contributed by atoms with van der Waals surface area (Å²) in [6.45, 7) is 2.91. The number of sulfonamides is 1. The molecule has 2 amide bonds. The van der Waals surface area contributed by atoms with Gasteiger partial charge < -0.3 is 19.9 Å². The van der Waals surface area contributed by atoms with Gasteiger partial charge in [0.1, 0.15) is 5.75 Å². The fourth-order valence-electron chi connectivity index (χ4n) is 4.44. The highest BCUT2D eigenvalue weighted by Crippen LogP contribution is 2.33. The number of ether oxygens (including phenoxy) is 1. The van der Waals surface area contributed by atoms with Gasteiger partial charge in [0.25, 0.3) is 5.91 Å². The lowest BCUT2D eigenvalue weighted by Crippen LogP contribution is -2.50. The SMILES string of the molecule is CC[C@H]1Oc2ccc(S(=O)(=O)N3CCN(C(=O)Cc4c[nH]c5ccccc45)CC3)cc2NC1=O. The van der Waals surface area contributed by atoms with Crippen LogP contribution in [0.1, 0.15) is 18.9 Å². The van der Waals surface area contributed by atoms with E-state index in [9.17, 15) is 18.0 Å². The second kappa shape index (κ2) is 8.77. The van der Waals surface area contributed by atoms with Gasteiger partial charge in [-0.15, -0.1) is 0 Å². The summed E-state index contributed by atoms with van der Waals surface area (Å²) in [4.78, 5) is 29.9. The average molecular weight is 483 g/mol. The minimum Gasteiger partial charge on any atom is -0.478 e. The molecule has 0 aliphatic carbocycles. The van der Waals surface area contributed by atoms with Crippen molar-refractivity contribution < 1.29 is 22.7 Å². The van der Waals surface area contributed by atoms with Crippen LogP contribution >= 0.6 is 0 Å². The maximum Gasteiger partial charge on any atom is 0.265 e. The molecule has 34 heavy (non-hydrogen) atoms. The Labute approximate surface area is 197 Å². The Bertz CT molecular complexity index is 1360. The van der Waals surface area contributed by atoms with Crippen molar-refractivity contribution in [2.24, 2.45) is 0 Å². The first-order valence-electron chi connectivity index (χ1n) is 11.3. The molecule has 0 saturated carbocycles. The van der Waals surface area contributed by atoms with Crippen molar-refractivity contribution in [2.75, 3.05) is 31.5 Å². The zero-order valence-electron chi connectivity index (χ0n) is 18.8. The molecule has 2 aliphatic rings. The summed E-state index contributed by atoms with van der Waals surface area (Å²) < 4.78 is 33.5. The zero-order chi connectivity index (χ0) is 23.9. The molecule has 5 rings (SSSR count). The lowest BCUT2D eigenvalue weighted by Gasteiger charge is -2.34. The lowest BCUT2D eigenvalue weighted by molar-refractivity contribution is -0.131. The molecule has 0 spiro atoms. The summed E-state index contributed by atoms with van der Waals surface area (Å²) in [5.74, 6) is 0.144. The van der Waals surface area contributed by atoms with Gasteiger partial charge in [-0.05, 0) is 36.2 Å². The zero-order valence-corrected chi connectivity index (χ0v) is 19.6. The Morgan fingerprint density at radius 3 is 2.65 bits per heavy atom. The third-order valence-electron chi connectivity index (χ3n) is 6.39. The molecular weight excluding hydrogens is 456 g/mol. The number of rotatable bonds is 5. The van der Waals surface area contributed by atoms with E-state index < -0.39 is 16.1 Å². The highest BCUT2D eigenvalue weighted by Gasteiger charge is 2.32. The lowest BCUT2D eigenvalue weighted by atomic mass is 10.1. The van der Waals surface area contributed by atoms with Gasteiger partial charge in [-0.1, -0.05) is 25.1 Å². The molecular formula is C24H26N4O5S. The van der Waals surface area contributed by atoms with Crippen LogP contribution < -0.4 is 10.1 Å². The molecule has 2 aromatic carbocycles. The van der Waals surface area contributed by atoms with Crippen LogP contribution in [-0.2, 0) is 26.0 Å². The molecule has 2 N–H and O–H groups in total. The fourth-order valence-corrected chi connectivity index (χ4v) is 5.89. The predicted molar refractivity (Wildman–Crippen MR) is 127 cm³/mol. The molecule has 10 heteroatoms. The number of aromatic nitrogens is 1. The molecule has 0 unspecified atom stereocenters. The quantitative estimate of drug-likeness (QED) is 0.580. The number of nitrogens with one attached hydrogen (secondary N) is 2. The van der Waals surface area contributed by atoms with Crippen LogP contribution in [-0.4, -0.2) is 66.7 Å². The Morgan fingerprint density at radius 1 is 1.12 bits per heavy atom. The number of carbonyl (C=O) groups excluding carboxylic acids is 2. The van der Waals surface area contributed by atoms with E-state index in [1.807, 2.05) is 37.4 Å². The van der Waals surface area contributed by atoms with Gasteiger partial charge in [0.05, 0.1) is 17.0 Å². The average Bonchev–Trinajstić information content (AvgIpc) is 3.26. The molecule has 9 nitrogen and oxygen atoms in total. The molecule has 2 aliphatic heterocycles. The van der Waals surface area contributed by atoms with E-state index in [0.29, 0.717) is 30.9 Å². The van der Waals surface area contributed by atoms with Crippen LogP contribution in [0.5, 0.6) is 5.75 Å². The van der Waals surface area contributed by atoms with Gasteiger partial charge in [-0.3, -0.25) is 9.59 Å². The molecule has 0 radical (unpaired) electrons. The van der Waals surface area contributed by atoms with Crippen molar-refractivity contribution in [1.29, 1.82) is 0 Å². The Hall–Kier alpha value is -3.37. The minimum atomic E-state index is -3.78. The van der Waals surface area contributed by atoms with Gasteiger partial charge in [0.15, 0.2) is 6.10 Å². The van der Waals surface area contributed by atoms with Gasteiger partial charge in [-0.2, -0.15) is 4.31 Å². The van der Waals surface area contributed by atoms with E-state index in [0.717, 1.165) is 16.5 Å². The number of hydrogen-bond donors (Lipinski definition) is 2. The first-order chi connectivity index (χ1) is 16.4. The largest absolute Gasteiger partial charge is 0.478 e. The number of para-hydroxylation sites is 1. The van der Waals surface area contributed by atoms with Gasteiger partial charge >= 0.3 is 0 Å². The number of benzene rings is 2. The molecule has 1 aromatic heterocycles. The maximum atomic E-state index is 13.2. The van der Waals surface area contributed by atoms with Gasteiger partial charge in [-0.25, -0.2) is 8.42 Å². The van der Waals surface area contributed by atoms with E-state index in [2.05, 4.69) is 10.3 Å². The summed E-state index contributed by atoms with van der Waals surface area (Å²) in [5, 5.41) is 3.75. The standard InChI is InChI=1S/C24H26N4O5S/c1-2-21-24(30)26-20-14-17(7-8-22(20)33-21)34(31,32)28-11-9-27(10-12-28)23(29)13-16-15-25-19-6-4-3-5-18(16)19/h3-8,14-15,21,25H,2,9-13H2,1H3,(H,26,30)/t21-/m1/s1. The third-order valence-corrected chi connectivity index (χ3v) is 8.28. The maximum absolute atomic E-state index is 13.2. The summed E-state index contributed by atoms with van der Waals surface area (Å²) in [7, 11) is -3.78. The number of piperazine rings is 1. The van der Waals surface area contributed by atoms with E-state index >= 15 is 0 Å². The summed E-state index contributed by atoms with van der Waals surface area (Å²) in [5.41, 5.74) is 2.26. The number of carbonyl (C=O) groups is 2. The van der Waals surface area contributed by atoms with Crippen LogP contribution in [0.25, 0.3) is 10.9 Å². The van der Waals surface area contributed by atoms with Crippen molar-refractivity contribution in [3.05, 3.63) is 54.2 Å². The molecule has 0 bridgehead atoms. The van der Waals surface area contributed by atoms with Crippen molar-refractivity contribution >= 4 is 38.4 Å². The van der Waals surface area contributed by atoms with E-state index in [1.165, 1.54) is 16.4 Å². The second-order valence-electron chi connectivity index (χ2n) is 8.48. The topological polar surface area (TPSA) is 112 Å². The third kappa shape index (κ3) is 4.03. The van der Waals surface area contributed by atoms with Crippen molar-refractivity contribution in [3.8, 4) is 5.75 Å².